The van der Waals surface area contributed by atoms with E-state index in [0.717, 1.165) is 19.6 Å². The van der Waals surface area contributed by atoms with Crippen molar-refractivity contribution in [2.24, 2.45) is 5.92 Å². The van der Waals surface area contributed by atoms with Crippen molar-refractivity contribution in [3.8, 4) is 0 Å². The van der Waals surface area contributed by atoms with E-state index in [1.807, 2.05) is 0 Å². The molecule has 0 aromatic carbocycles. The summed E-state index contributed by atoms with van der Waals surface area (Å²) >= 11 is 0. The summed E-state index contributed by atoms with van der Waals surface area (Å²) in [5, 5.41) is 0. The summed E-state index contributed by atoms with van der Waals surface area (Å²) in [6, 6.07) is 0. The smallest absolute Gasteiger partial charge is 0.0503 e. The Morgan fingerprint density at radius 1 is 1.33 bits per heavy atom. The summed E-state index contributed by atoms with van der Waals surface area (Å²) in [5.74, 6) is 0.597. The van der Waals surface area contributed by atoms with Crippen LogP contribution in [0.25, 0.3) is 0 Å². The summed E-state index contributed by atoms with van der Waals surface area (Å²) in [7, 11) is 0. The lowest BCUT2D eigenvalue weighted by molar-refractivity contribution is 0.133. The van der Waals surface area contributed by atoms with Crippen LogP contribution in [0.5, 0.6) is 0 Å². The van der Waals surface area contributed by atoms with Crippen molar-refractivity contribution in [1.29, 1.82) is 0 Å². The van der Waals surface area contributed by atoms with Crippen LogP contribution in [0.2, 0.25) is 0 Å². The lowest BCUT2D eigenvalue weighted by Crippen LogP contribution is -2.00. The number of rotatable bonds is 7. The molecule has 0 unspecified atom stereocenters. The molecule has 0 aromatic rings. The highest BCUT2D eigenvalue weighted by molar-refractivity contribution is 4.96. The molecule has 0 aliphatic heterocycles. The van der Waals surface area contributed by atoms with Crippen molar-refractivity contribution in [2.45, 2.75) is 40.0 Å². The molecule has 0 rings (SSSR count). The first-order valence-corrected chi connectivity index (χ1v) is 4.93. The molecule has 0 aliphatic rings. The Morgan fingerprint density at radius 3 is 2.50 bits per heavy atom. The second-order valence-electron chi connectivity index (χ2n) is 3.53. The van der Waals surface area contributed by atoms with Crippen LogP contribution in [0.1, 0.15) is 40.0 Å². The molecule has 1 nitrogen and oxygen atoms in total. The van der Waals surface area contributed by atoms with E-state index in [1.54, 1.807) is 0 Å². The van der Waals surface area contributed by atoms with Crippen molar-refractivity contribution >= 4 is 0 Å². The van der Waals surface area contributed by atoms with E-state index < -0.39 is 0 Å². The molecule has 0 N–H and O–H groups in total. The standard InChI is InChI=1S/C11H22O/c1-5-6-8-12-9-7-11(4)10(2)3/h10H,4-9H2,1-3H3. The van der Waals surface area contributed by atoms with Gasteiger partial charge in [-0.2, -0.15) is 0 Å². The van der Waals surface area contributed by atoms with Crippen molar-refractivity contribution in [1.82, 2.24) is 0 Å². The van der Waals surface area contributed by atoms with Crippen molar-refractivity contribution in [3.63, 3.8) is 0 Å². The van der Waals surface area contributed by atoms with Gasteiger partial charge >= 0.3 is 0 Å². The van der Waals surface area contributed by atoms with E-state index in [4.69, 9.17) is 4.74 Å². The van der Waals surface area contributed by atoms with Crippen LogP contribution in [0.3, 0.4) is 0 Å². The lowest BCUT2D eigenvalue weighted by atomic mass is 10.0. The molecule has 12 heavy (non-hydrogen) atoms. The van der Waals surface area contributed by atoms with Crippen LogP contribution in [-0.2, 0) is 4.74 Å². The maximum atomic E-state index is 5.43. The van der Waals surface area contributed by atoms with Gasteiger partial charge in [-0.3, -0.25) is 0 Å². The van der Waals surface area contributed by atoms with Crippen LogP contribution in [0.4, 0.5) is 0 Å². The van der Waals surface area contributed by atoms with Gasteiger partial charge in [-0.1, -0.05) is 39.3 Å². The third-order valence-electron chi connectivity index (χ3n) is 2.03. The summed E-state index contributed by atoms with van der Waals surface area (Å²) in [6.07, 6.45) is 3.40. The van der Waals surface area contributed by atoms with E-state index in [1.165, 1.54) is 18.4 Å². The fraction of sp³-hybridized carbons (Fsp3) is 0.818. The SMILES string of the molecule is C=C(CCOCCCC)C(C)C. The first kappa shape index (κ1) is 11.7. The third-order valence-corrected chi connectivity index (χ3v) is 2.03. The van der Waals surface area contributed by atoms with Gasteiger partial charge < -0.3 is 4.74 Å². The molecule has 0 spiro atoms. The molecule has 72 valence electrons. The molecular formula is C11H22O. The number of hydrogen-bond donors (Lipinski definition) is 0. The number of ether oxygens (including phenoxy) is 1. The molecule has 0 bridgehead atoms. The van der Waals surface area contributed by atoms with Gasteiger partial charge in [0, 0.05) is 6.61 Å². The topological polar surface area (TPSA) is 9.23 Å². The second-order valence-corrected chi connectivity index (χ2v) is 3.53. The molecular weight excluding hydrogens is 148 g/mol. The molecule has 0 amide bonds. The summed E-state index contributed by atoms with van der Waals surface area (Å²) < 4.78 is 5.43. The molecule has 0 radical (unpaired) electrons. The van der Waals surface area contributed by atoms with Crippen molar-refractivity contribution in [3.05, 3.63) is 12.2 Å². The Kier molecular flexibility index (Phi) is 7.17. The second kappa shape index (κ2) is 7.35. The average Bonchev–Trinajstić information content (AvgIpc) is 2.03. The zero-order valence-corrected chi connectivity index (χ0v) is 8.73. The Labute approximate surface area is 76.8 Å². The summed E-state index contributed by atoms with van der Waals surface area (Å²) in [4.78, 5) is 0. The third kappa shape index (κ3) is 6.41. The highest BCUT2D eigenvalue weighted by Gasteiger charge is 1.98. The molecule has 1 heteroatoms. The van der Waals surface area contributed by atoms with Gasteiger partial charge in [-0.05, 0) is 18.8 Å². The minimum absolute atomic E-state index is 0.597. The zero-order valence-electron chi connectivity index (χ0n) is 8.73. The molecule has 0 aromatic heterocycles. The van der Waals surface area contributed by atoms with E-state index in [2.05, 4.69) is 27.4 Å². The first-order chi connectivity index (χ1) is 5.68. The molecule has 0 fully saturated rings. The maximum Gasteiger partial charge on any atom is 0.0503 e. The number of hydrogen-bond acceptors (Lipinski definition) is 1. The minimum Gasteiger partial charge on any atom is -0.381 e. The Bertz CT molecular complexity index is 116. The lowest BCUT2D eigenvalue weighted by Gasteiger charge is -2.09. The molecule has 0 heterocycles. The van der Waals surface area contributed by atoms with Gasteiger partial charge in [0.15, 0.2) is 0 Å². The van der Waals surface area contributed by atoms with E-state index in [0.29, 0.717) is 5.92 Å². The van der Waals surface area contributed by atoms with Gasteiger partial charge in [0.2, 0.25) is 0 Å². The highest BCUT2D eigenvalue weighted by atomic mass is 16.5. The van der Waals surface area contributed by atoms with Gasteiger partial charge in [0.05, 0.1) is 6.61 Å². The quantitative estimate of drug-likeness (QED) is 0.420. The van der Waals surface area contributed by atoms with Gasteiger partial charge in [-0.25, -0.2) is 0 Å². The van der Waals surface area contributed by atoms with Crippen LogP contribution in [0.15, 0.2) is 12.2 Å². The average molecular weight is 170 g/mol. The molecule has 0 atom stereocenters. The number of unbranched alkanes of at least 4 members (excludes halogenated alkanes) is 1. The minimum atomic E-state index is 0.597. The van der Waals surface area contributed by atoms with Gasteiger partial charge in [0.25, 0.3) is 0 Å². The van der Waals surface area contributed by atoms with Gasteiger partial charge in [-0.15, -0.1) is 0 Å². The van der Waals surface area contributed by atoms with Crippen molar-refractivity contribution in [2.75, 3.05) is 13.2 Å². The summed E-state index contributed by atoms with van der Waals surface area (Å²) in [5.41, 5.74) is 1.30. The van der Waals surface area contributed by atoms with E-state index in [-0.39, 0.29) is 0 Å². The van der Waals surface area contributed by atoms with Gasteiger partial charge in [0.1, 0.15) is 0 Å². The maximum absolute atomic E-state index is 5.43. The fourth-order valence-corrected chi connectivity index (χ4v) is 0.840. The monoisotopic (exact) mass is 170 g/mol. The Hall–Kier alpha value is -0.300. The predicted molar refractivity (Wildman–Crippen MR) is 54.3 cm³/mol. The predicted octanol–water partition coefficient (Wildman–Crippen LogP) is 3.41. The van der Waals surface area contributed by atoms with Crippen LogP contribution in [0, 0.1) is 5.92 Å². The van der Waals surface area contributed by atoms with Crippen LogP contribution in [-0.4, -0.2) is 13.2 Å². The fourth-order valence-electron chi connectivity index (χ4n) is 0.840. The van der Waals surface area contributed by atoms with E-state index >= 15 is 0 Å². The summed E-state index contributed by atoms with van der Waals surface area (Å²) in [6.45, 7) is 12.3. The first-order valence-electron chi connectivity index (χ1n) is 4.93. The molecule has 0 saturated carbocycles. The molecule has 0 aliphatic carbocycles. The largest absolute Gasteiger partial charge is 0.381 e. The highest BCUT2D eigenvalue weighted by Crippen LogP contribution is 2.10. The van der Waals surface area contributed by atoms with Crippen molar-refractivity contribution < 1.29 is 4.74 Å². The Morgan fingerprint density at radius 2 is 2.00 bits per heavy atom. The zero-order chi connectivity index (χ0) is 9.40. The normalized spacial score (nSPS) is 10.7. The molecule has 0 saturated heterocycles. The van der Waals surface area contributed by atoms with Crippen LogP contribution < -0.4 is 0 Å². The Balaban J connectivity index is 3.14. The van der Waals surface area contributed by atoms with Crippen LogP contribution >= 0.6 is 0 Å². The van der Waals surface area contributed by atoms with E-state index in [9.17, 15) is 0 Å².